The standard InChI is InChI=1S/C22H20ClNO5S/c1-4-29-22(26)19-16(14-7-10-17(27-2)18(11-14)28-3)12-30-21(19)24-20(25)13-5-8-15(23)9-6-13/h5-12H,4H2,1-3H3,(H,24,25). The molecule has 0 unspecified atom stereocenters. The number of carbonyl (C=O) groups excluding carboxylic acids is 2. The number of hydrogen-bond acceptors (Lipinski definition) is 6. The summed E-state index contributed by atoms with van der Waals surface area (Å²) < 4.78 is 15.9. The third-order valence-electron chi connectivity index (χ3n) is 4.30. The molecule has 0 spiro atoms. The molecule has 2 aromatic carbocycles. The molecule has 1 N–H and O–H groups in total. The molecule has 1 heterocycles. The van der Waals surface area contributed by atoms with Gasteiger partial charge < -0.3 is 19.5 Å². The van der Waals surface area contributed by atoms with Crippen molar-refractivity contribution in [3.8, 4) is 22.6 Å². The number of hydrogen-bond donors (Lipinski definition) is 1. The number of rotatable bonds is 7. The van der Waals surface area contributed by atoms with Gasteiger partial charge in [0.05, 0.1) is 20.8 Å². The summed E-state index contributed by atoms with van der Waals surface area (Å²) in [5, 5.41) is 5.54. The predicted octanol–water partition coefficient (Wildman–Crippen LogP) is 5.51. The van der Waals surface area contributed by atoms with E-state index in [0.29, 0.717) is 32.6 Å². The normalized spacial score (nSPS) is 10.4. The highest BCUT2D eigenvalue weighted by Crippen LogP contribution is 2.39. The molecule has 3 rings (SSSR count). The van der Waals surface area contributed by atoms with Crippen molar-refractivity contribution in [1.82, 2.24) is 0 Å². The first kappa shape index (κ1) is 21.7. The van der Waals surface area contributed by atoms with Gasteiger partial charge in [0.15, 0.2) is 11.5 Å². The van der Waals surface area contributed by atoms with Crippen LogP contribution in [0.1, 0.15) is 27.6 Å². The first-order valence-electron chi connectivity index (χ1n) is 9.06. The number of amides is 1. The van der Waals surface area contributed by atoms with Gasteiger partial charge in [0.1, 0.15) is 10.6 Å². The van der Waals surface area contributed by atoms with E-state index < -0.39 is 5.97 Å². The van der Waals surface area contributed by atoms with E-state index in [1.165, 1.54) is 11.3 Å². The van der Waals surface area contributed by atoms with Crippen LogP contribution in [0.25, 0.3) is 11.1 Å². The Labute approximate surface area is 183 Å². The molecule has 0 saturated carbocycles. The monoisotopic (exact) mass is 445 g/mol. The minimum Gasteiger partial charge on any atom is -0.493 e. The molecular weight excluding hydrogens is 426 g/mol. The number of nitrogens with one attached hydrogen (secondary N) is 1. The first-order valence-corrected chi connectivity index (χ1v) is 10.3. The van der Waals surface area contributed by atoms with Crippen LogP contribution < -0.4 is 14.8 Å². The van der Waals surface area contributed by atoms with Crippen LogP contribution in [0.15, 0.2) is 47.8 Å². The summed E-state index contributed by atoms with van der Waals surface area (Å²) in [6, 6.07) is 11.8. The van der Waals surface area contributed by atoms with Crippen LogP contribution in [0.5, 0.6) is 11.5 Å². The lowest BCUT2D eigenvalue weighted by Gasteiger charge is -2.11. The number of methoxy groups -OCH3 is 2. The molecule has 6 nitrogen and oxygen atoms in total. The van der Waals surface area contributed by atoms with E-state index in [1.807, 2.05) is 6.07 Å². The summed E-state index contributed by atoms with van der Waals surface area (Å²) in [4.78, 5) is 25.4. The van der Waals surface area contributed by atoms with Gasteiger partial charge in [0, 0.05) is 21.5 Å². The molecule has 0 fully saturated rings. The Morgan fingerprint density at radius 3 is 2.37 bits per heavy atom. The number of thiophene rings is 1. The second kappa shape index (κ2) is 9.65. The van der Waals surface area contributed by atoms with Crippen molar-refractivity contribution in [2.75, 3.05) is 26.1 Å². The van der Waals surface area contributed by atoms with E-state index in [0.717, 1.165) is 5.56 Å². The van der Waals surface area contributed by atoms with Crippen molar-refractivity contribution in [3.05, 3.63) is 64.0 Å². The van der Waals surface area contributed by atoms with Crippen LogP contribution in [-0.2, 0) is 4.74 Å². The minimum absolute atomic E-state index is 0.213. The number of anilines is 1. The Morgan fingerprint density at radius 1 is 1.03 bits per heavy atom. The number of carbonyl (C=O) groups is 2. The quantitative estimate of drug-likeness (QED) is 0.485. The van der Waals surface area contributed by atoms with E-state index in [-0.39, 0.29) is 18.1 Å². The fourth-order valence-electron chi connectivity index (χ4n) is 2.85. The average Bonchev–Trinajstić information content (AvgIpc) is 3.17. The van der Waals surface area contributed by atoms with Crippen molar-refractivity contribution in [3.63, 3.8) is 0 Å². The summed E-state index contributed by atoms with van der Waals surface area (Å²) in [6.07, 6.45) is 0. The topological polar surface area (TPSA) is 73.9 Å². The number of ether oxygens (including phenoxy) is 3. The summed E-state index contributed by atoms with van der Waals surface area (Å²) in [5.74, 6) is 0.237. The molecule has 0 radical (unpaired) electrons. The molecule has 0 saturated heterocycles. The summed E-state index contributed by atoms with van der Waals surface area (Å²) in [7, 11) is 3.09. The van der Waals surface area contributed by atoms with E-state index in [2.05, 4.69) is 5.32 Å². The maximum Gasteiger partial charge on any atom is 0.341 e. The zero-order valence-electron chi connectivity index (χ0n) is 16.7. The van der Waals surface area contributed by atoms with Gasteiger partial charge in [-0.2, -0.15) is 0 Å². The van der Waals surface area contributed by atoms with Crippen molar-refractivity contribution in [2.24, 2.45) is 0 Å². The lowest BCUT2D eigenvalue weighted by Crippen LogP contribution is -2.14. The lowest BCUT2D eigenvalue weighted by atomic mass is 10.0. The van der Waals surface area contributed by atoms with E-state index >= 15 is 0 Å². The summed E-state index contributed by atoms with van der Waals surface area (Å²) in [5.41, 5.74) is 2.08. The van der Waals surface area contributed by atoms with Crippen LogP contribution >= 0.6 is 22.9 Å². The smallest absolute Gasteiger partial charge is 0.341 e. The van der Waals surface area contributed by atoms with Crippen molar-refractivity contribution in [1.29, 1.82) is 0 Å². The van der Waals surface area contributed by atoms with E-state index in [4.69, 9.17) is 25.8 Å². The van der Waals surface area contributed by atoms with Gasteiger partial charge >= 0.3 is 5.97 Å². The van der Waals surface area contributed by atoms with Crippen molar-refractivity contribution >= 4 is 39.8 Å². The van der Waals surface area contributed by atoms with Gasteiger partial charge in [0.25, 0.3) is 5.91 Å². The second-order valence-corrected chi connectivity index (χ2v) is 7.42. The Kier molecular flexibility index (Phi) is 6.97. The predicted molar refractivity (Wildman–Crippen MR) is 118 cm³/mol. The Hall–Kier alpha value is -3.03. The van der Waals surface area contributed by atoms with E-state index in [1.54, 1.807) is 62.9 Å². The number of esters is 1. The zero-order valence-corrected chi connectivity index (χ0v) is 18.2. The van der Waals surface area contributed by atoms with Gasteiger partial charge in [0.2, 0.25) is 0 Å². The van der Waals surface area contributed by atoms with Crippen molar-refractivity contribution < 1.29 is 23.8 Å². The fourth-order valence-corrected chi connectivity index (χ4v) is 3.93. The maximum absolute atomic E-state index is 12.7. The van der Waals surface area contributed by atoms with Crippen LogP contribution in [0.3, 0.4) is 0 Å². The third kappa shape index (κ3) is 4.58. The van der Waals surface area contributed by atoms with Gasteiger partial charge in [-0.3, -0.25) is 4.79 Å². The minimum atomic E-state index is -0.519. The fraction of sp³-hybridized carbons (Fsp3) is 0.182. The molecule has 8 heteroatoms. The van der Waals surface area contributed by atoms with Gasteiger partial charge in [-0.15, -0.1) is 11.3 Å². The lowest BCUT2D eigenvalue weighted by molar-refractivity contribution is 0.0529. The highest BCUT2D eigenvalue weighted by molar-refractivity contribution is 7.15. The highest BCUT2D eigenvalue weighted by Gasteiger charge is 2.24. The molecule has 0 aliphatic rings. The van der Waals surface area contributed by atoms with Gasteiger partial charge in [-0.25, -0.2) is 4.79 Å². The maximum atomic E-state index is 12.7. The second-order valence-electron chi connectivity index (χ2n) is 6.10. The Morgan fingerprint density at radius 2 is 1.73 bits per heavy atom. The van der Waals surface area contributed by atoms with Gasteiger partial charge in [-0.05, 0) is 48.9 Å². The number of halogens is 1. The van der Waals surface area contributed by atoms with Gasteiger partial charge in [-0.1, -0.05) is 17.7 Å². The summed E-state index contributed by atoms with van der Waals surface area (Å²) in [6.45, 7) is 1.94. The Balaban J connectivity index is 2.01. The Bertz CT molecular complexity index is 1060. The molecule has 3 aromatic rings. The van der Waals surface area contributed by atoms with Crippen LogP contribution in [0, 0.1) is 0 Å². The molecule has 1 aromatic heterocycles. The molecule has 30 heavy (non-hydrogen) atoms. The van der Waals surface area contributed by atoms with Crippen molar-refractivity contribution in [2.45, 2.75) is 6.92 Å². The third-order valence-corrected chi connectivity index (χ3v) is 5.45. The molecule has 0 aliphatic heterocycles. The molecule has 0 atom stereocenters. The molecular formula is C22H20ClNO5S. The molecule has 156 valence electrons. The van der Waals surface area contributed by atoms with Crippen LogP contribution in [0.2, 0.25) is 5.02 Å². The average molecular weight is 446 g/mol. The van der Waals surface area contributed by atoms with E-state index in [9.17, 15) is 9.59 Å². The summed E-state index contributed by atoms with van der Waals surface area (Å²) >= 11 is 7.13. The van der Waals surface area contributed by atoms with Crippen LogP contribution in [0.4, 0.5) is 5.00 Å². The molecule has 0 aliphatic carbocycles. The SMILES string of the molecule is CCOC(=O)c1c(-c2ccc(OC)c(OC)c2)csc1NC(=O)c1ccc(Cl)cc1. The largest absolute Gasteiger partial charge is 0.493 e. The molecule has 1 amide bonds. The number of benzene rings is 2. The first-order chi connectivity index (χ1) is 14.5. The highest BCUT2D eigenvalue weighted by atomic mass is 35.5. The van der Waals surface area contributed by atoms with Crippen LogP contribution in [-0.4, -0.2) is 32.7 Å². The molecule has 0 bridgehead atoms. The zero-order chi connectivity index (χ0) is 21.7.